The van der Waals surface area contributed by atoms with Gasteiger partial charge in [0.2, 0.25) is 0 Å². The number of hydrogen-bond acceptors (Lipinski definition) is 5. The summed E-state index contributed by atoms with van der Waals surface area (Å²) in [5, 5.41) is 9.84. The normalized spacial score (nSPS) is 12.8. The lowest BCUT2D eigenvalue weighted by Gasteiger charge is -2.10. The second kappa shape index (κ2) is 5.32. The quantitative estimate of drug-likeness (QED) is 0.601. The average Bonchev–Trinajstić information content (AvgIpc) is 2.20. The van der Waals surface area contributed by atoms with E-state index >= 15 is 0 Å². The van der Waals surface area contributed by atoms with Gasteiger partial charge < -0.3 is 10.8 Å². The Morgan fingerprint density at radius 3 is 2.67 bits per heavy atom. The molecule has 1 rings (SSSR count). The molecule has 0 fully saturated rings. The fourth-order valence-electron chi connectivity index (χ4n) is 1.04. The van der Waals surface area contributed by atoms with Crippen LogP contribution in [0.2, 0.25) is 0 Å². The van der Waals surface area contributed by atoms with Crippen molar-refractivity contribution in [3.05, 3.63) is 11.4 Å². The van der Waals surface area contributed by atoms with Crippen molar-refractivity contribution >= 4 is 17.6 Å². The Morgan fingerprint density at radius 1 is 1.40 bits per heavy atom. The number of aryl methyl sites for hydroxylation is 1. The highest BCUT2D eigenvalue weighted by molar-refractivity contribution is 7.99. The van der Waals surface area contributed by atoms with Gasteiger partial charge in [0.25, 0.3) is 0 Å². The van der Waals surface area contributed by atoms with Crippen molar-refractivity contribution in [1.82, 2.24) is 9.97 Å². The van der Waals surface area contributed by atoms with Gasteiger partial charge in [-0.25, -0.2) is 9.97 Å². The van der Waals surface area contributed by atoms with Crippen LogP contribution in [0.3, 0.4) is 0 Å². The molecule has 1 heterocycles. The first-order valence-electron chi connectivity index (χ1n) is 4.89. The molecule has 0 aliphatic rings. The third kappa shape index (κ3) is 3.35. The Kier molecular flexibility index (Phi) is 4.35. The third-order valence-corrected chi connectivity index (χ3v) is 3.47. The van der Waals surface area contributed by atoms with E-state index in [2.05, 4.69) is 9.97 Å². The molecule has 0 bridgehead atoms. The number of nitrogen functional groups attached to an aromatic ring is 1. The van der Waals surface area contributed by atoms with Crippen molar-refractivity contribution in [3.63, 3.8) is 0 Å². The van der Waals surface area contributed by atoms with Crippen LogP contribution in [0.5, 0.6) is 0 Å². The molecule has 15 heavy (non-hydrogen) atoms. The predicted molar refractivity (Wildman–Crippen MR) is 62.9 cm³/mol. The van der Waals surface area contributed by atoms with Crippen molar-refractivity contribution in [2.75, 3.05) is 18.1 Å². The molecule has 0 saturated carbocycles. The van der Waals surface area contributed by atoms with E-state index in [1.807, 2.05) is 20.8 Å². The maximum Gasteiger partial charge on any atom is 0.131 e. The molecule has 1 aromatic rings. The monoisotopic (exact) mass is 227 g/mol. The Morgan fingerprint density at radius 2 is 2.07 bits per heavy atom. The van der Waals surface area contributed by atoms with Gasteiger partial charge in [-0.1, -0.05) is 6.92 Å². The number of aromatic nitrogens is 2. The van der Waals surface area contributed by atoms with E-state index in [-0.39, 0.29) is 12.5 Å². The van der Waals surface area contributed by atoms with Gasteiger partial charge in [-0.15, -0.1) is 11.8 Å². The molecule has 0 aromatic carbocycles. The summed E-state index contributed by atoms with van der Waals surface area (Å²) in [4.78, 5) is 8.42. The highest BCUT2D eigenvalue weighted by Crippen LogP contribution is 2.24. The molecule has 84 valence electrons. The Labute approximate surface area is 94.3 Å². The minimum absolute atomic E-state index is 0.200. The lowest BCUT2D eigenvalue weighted by atomic mass is 10.2. The standard InChI is InChI=1S/C10H17N3OS/c1-6(4-14)5-15-10-7(2)9(11)12-8(3)13-10/h6,14H,4-5H2,1-3H3,(H2,11,12,13). The first-order valence-corrected chi connectivity index (χ1v) is 5.87. The summed E-state index contributed by atoms with van der Waals surface area (Å²) in [6.45, 7) is 5.95. The molecular weight excluding hydrogens is 210 g/mol. The number of aliphatic hydroxyl groups excluding tert-OH is 1. The molecule has 5 heteroatoms. The van der Waals surface area contributed by atoms with Crippen molar-refractivity contribution in [3.8, 4) is 0 Å². The van der Waals surface area contributed by atoms with Crippen molar-refractivity contribution in [2.24, 2.45) is 5.92 Å². The van der Waals surface area contributed by atoms with Crippen LogP contribution < -0.4 is 5.73 Å². The van der Waals surface area contributed by atoms with Crippen LogP contribution >= 0.6 is 11.8 Å². The van der Waals surface area contributed by atoms with Crippen LogP contribution in [-0.2, 0) is 0 Å². The fourth-order valence-corrected chi connectivity index (χ4v) is 2.10. The van der Waals surface area contributed by atoms with Crippen LogP contribution in [0.1, 0.15) is 18.3 Å². The molecule has 0 aliphatic carbocycles. The lowest BCUT2D eigenvalue weighted by Crippen LogP contribution is -2.06. The summed E-state index contributed by atoms with van der Waals surface area (Å²) in [6.07, 6.45) is 0. The van der Waals surface area contributed by atoms with E-state index in [9.17, 15) is 0 Å². The van der Waals surface area contributed by atoms with Gasteiger partial charge in [0.15, 0.2) is 0 Å². The highest BCUT2D eigenvalue weighted by Gasteiger charge is 2.09. The maximum absolute atomic E-state index is 8.92. The van der Waals surface area contributed by atoms with E-state index in [1.165, 1.54) is 0 Å². The number of anilines is 1. The molecule has 1 aromatic heterocycles. The largest absolute Gasteiger partial charge is 0.396 e. The minimum atomic E-state index is 0.200. The van der Waals surface area contributed by atoms with E-state index in [0.717, 1.165) is 16.3 Å². The molecule has 1 unspecified atom stereocenters. The summed E-state index contributed by atoms with van der Waals surface area (Å²) < 4.78 is 0. The molecule has 4 nitrogen and oxygen atoms in total. The van der Waals surface area contributed by atoms with Gasteiger partial charge in [0, 0.05) is 17.9 Å². The van der Waals surface area contributed by atoms with E-state index < -0.39 is 0 Å². The first kappa shape index (κ1) is 12.3. The Bertz CT molecular complexity index is 344. The SMILES string of the molecule is Cc1nc(N)c(C)c(SCC(C)CO)n1. The summed E-state index contributed by atoms with van der Waals surface area (Å²) in [5.74, 6) is 2.34. The zero-order valence-corrected chi connectivity index (χ0v) is 10.1. The second-order valence-corrected chi connectivity index (χ2v) is 4.69. The zero-order valence-electron chi connectivity index (χ0n) is 9.32. The molecular formula is C10H17N3OS. The second-order valence-electron chi connectivity index (χ2n) is 3.68. The number of thioether (sulfide) groups is 1. The summed E-state index contributed by atoms with van der Waals surface area (Å²) in [7, 11) is 0. The topological polar surface area (TPSA) is 72.0 Å². The molecule has 0 aliphatic heterocycles. The van der Waals surface area contributed by atoms with E-state index in [4.69, 9.17) is 10.8 Å². The number of rotatable bonds is 4. The molecule has 3 N–H and O–H groups in total. The van der Waals surface area contributed by atoms with Gasteiger partial charge in [-0.05, 0) is 19.8 Å². The minimum Gasteiger partial charge on any atom is -0.396 e. The van der Waals surface area contributed by atoms with Crippen LogP contribution in [0, 0.1) is 19.8 Å². The third-order valence-electron chi connectivity index (χ3n) is 2.07. The highest BCUT2D eigenvalue weighted by atomic mass is 32.2. The van der Waals surface area contributed by atoms with Gasteiger partial charge in [0.1, 0.15) is 16.7 Å². The number of nitrogens with zero attached hydrogens (tertiary/aromatic N) is 2. The summed E-state index contributed by atoms with van der Waals surface area (Å²) >= 11 is 1.62. The van der Waals surface area contributed by atoms with Crippen LogP contribution in [0.15, 0.2) is 5.03 Å². The predicted octanol–water partition coefficient (Wildman–Crippen LogP) is 1.40. The smallest absolute Gasteiger partial charge is 0.131 e. The molecule has 0 amide bonds. The first-order chi connectivity index (χ1) is 7.04. The Hall–Kier alpha value is -0.810. The number of aliphatic hydroxyl groups is 1. The van der Waals surface area contributed by atoms with Crippen molar-refractivity contribution in [1.29, 1.82) is 0 Å². The van der Waals surface area contributed by atoms with Gasteiger partial charge in [0.05, 0.1) is 0 Å². The Balaban J connectivity index is 2.76. The van der Waals surface area contributed by atoms with Crippen molar-refractivity contribution in [2.45, 2.75) is 25.8 Å². The fraction of sp³-hybridized carbons (Fsp3) is 0.600. The van der Waals surface area contributed by atoms with Gasteiger partial charge >= 0.3 is 0 Å². The summed E-state index contributed by atoms with van der Waals surface area (Å²) in [6, 6.07) is 0. The molecule has 1 atom stereocenters. The summed E-state index contributed by atoms with van der Waals surface area (Å²) in [5.41, 5.74) is 6.67. The van der Waals surface area contributed by atoms with Gasteiger partial charge in [-0.3, -0.25) is 0 Å². The molecule has 0 radical (unpaired) electrons. The zero-order chi connectivity index (χ0) is 11.4. The molecule has 0 spiro atoms. The number of hydrogen-bond donors (Lipinski definition) is 2. The average molecular weight is 227 g/mol. The van der Waals surface area contributed by atoms with Gasteiger partial charge in [-0.2, -0.15) is 0 Å². The van der Waals surface area contributed by atoms with E-state index in [0.29, 0.717) is 11.6 Å². The van der Waals surface area contributed by atoms with Crippen LogP contribution in [-0.4, -0.2) is 27.4 Å². The van der Waals surface area contributed by atoms with E-state index in [1.54, 1.807) is 11.8 Å². The maximum atomic E-state index is 8.92. The van der Waals surface area contributed by atoms with Crippen molar-refractivity contribution < 1.29 is 5.11 Å². The lowest BCUT2D eigenvalue weighted by molar-refractivity contribution is 0.250. The molecule has 0 saturated heterocycles. The van der Waals surface area contributed by atoms with Crippen LogP contribution in [0.4, 0.5) is 5.82 Å². The number of nitrogens with two attached hydrogens (primary N) is 1. The van der Waals surface area contributed by atoms with Crippen LogP contribution in [0.25, 0.3) is 0 Å².